The monoisotopic (exact) mass is 212 g/mol. The van der Waals surface area contributed by atoms with Gasteiger partial charge in [-0.25, -0.2) is 4.79 Å². The van der Waals surface area contributed by atoms with Crippen LogP contribution in [0.2, 0.25) is 0 Å². The van der Waals surface area contributed by atoms with Gasteiger partial charge in [0.25, 0.3) is 0 Å². The molecule has 86 valence electrons. The highest BCUT2D eigenvalue weighted by Gasteiger charge is 2.26. The molecule has 2 fully saturated rings. The minimum absolute atomic E-state index is 0.00931. The number of hydrogen-bond donors (Lipinski definition) is 3. The van der Waals surface area contributed by atoms with E-state index in [4.69, 9.17) is 5.11 Å². The molecule has 2 amide bonds. The Morgan fingerprint density at radius 1 is 1.00 bits per heavy atom. The highest BCUT2D eigenvalue weighted by atomic mass is 16.3. The molecule has 4 heteroatoms. The van der Waals surface area contributed by atoms with Crippen molar-refractivity contribution in [1.29, 1.82) is 0 Å². The first-order valence-electron chi connectivity index (χ1n) is 5.96. The third-order valence-electron chi connectivity index (χ3n) is 3.35. The largest absolute Gasteiger partial charge is 0.396 e. The molecule has 0 heterocycles. The lowest BCUT2D eigenvalue weighted by Crippen LogP contribution is -2.44. The molecule has 0 radical (unpaired) electrons. The number of amides is 2. The summed E-state index contributed by atoms with van der Waals surface area (Å²) >= 11 is 0. The highest BCUT2D eigenvalue weighted by molar-refractivity contribution is 5.74. The van der Waals surface area contributed by atoms with E-state index in [-0.39, 0.29) is 6.03 Å². The van der Waals surface area contributed by atoms with Crippen molar-refractivity contribution in [1.82, 2.24) is 10.6 Å². The summed E-state index contributed by atoms with van der Waals surface area (Å²) in [6.45, 7) is 0.293. The van der Waals surface area contributed by atoms with Gasteiger partial charge in [0.2, 0.25) is 0 Å². The maximum atomic E-state index is 11.4. The summed E-state index contributed by atoms with van der Waals surface area (Å²) in [5.74, 6) is 0.453. The second-order valence-corrected chi connectivity index (χ2v) is 4.79. The van der Waals surface area contributed by atoms with Crippen molar-refractivity contribution >= 4 is 6.03 Å². The molecule has 4 nitrogen and oxygen atoms in total. The van der Waals surface area contributed by atoms with E-state index >= 15 is 0 Å². The van der Waals surface area contributed by atoms with Crippen LogP contribution in [-0.2, 0) is 0 Å². The van der Waals surface area contributed by atoms with Gasteiger partial charge in [-0.1, -0.05) is 0 Å². The van der Waals surface area contributed by atoms with E-state index in [9.17, 15) is 4.79 Å². The van der Waals surface area contributed by atoms with E-state index in [1.54, 1.807) is 0 Å². The average molecular weight is 212 g/mol. The minimum atomic E-state index is -0.00931. The number of aliphatic hydroxyl groups is 1. The summed E-state index contributed by atoms with van der Waals surface area (Å²) in [7, 11) is 0. The van der Waals surface area contributed by atoms with E-state index in [0.717, 1.165) is 38.5 Å². The zero-order valence-electron chi connectivity index (χ0n) is 9.04. The predicted molar refractivity (Wildman–Crippen MR) is 57.5 cm³/mol. The molecule has 2 rings (SSSR count). The molecular weight excluding hydrogens is 192 g/mol. The van der Waals surface area contributed by atoms with Crippen molar-refractivity contribution in [2.75, 3.05) is 6.61 Å². The Kier molecular flexibility index (Phi) is 3.46. The predicted octanol–water partition coefficient (Wildman–Crippen LogP) is 0.999. The zero-order valence-corrected chi connectivity index (χ0v) is 9.04. The van der Waals surface area contributed by atoms with Crippen LogP contribution in [0.1, 0.15) is 38.5 Å². The number of aliphatic hydroxyl groups excluding tert-OH is 1. The van der Waals surface area contributed by atoms with Crippen LogP contribution < -0.4 is 10.6 Å². The maximum absolute atomic E-state index is 11.4. The summed E-state index contributed by atoms with van der Waals surface area (Å²) in [5.41, 5.74) is 0. The van der Waals surface area contributed by atoms with Crippen LogP contribution in [0.25, 0.3) is 0 Å². The first-order chi connectivity index (χ1) is 7.28. The number of nitrogens with one attached hydrogen (secondary N) is 2. The lowest BCUT2D eigenvalue weighted by molar-refractivity contribution is 0.174. The third kappa shape index (κ3) is 3.38. The molecule has 0 bridgehead atoms. The summed E-state index contributed by atoms with van der Waals surface area (Å²) in [6, 6.07) is 0.732. The van der Waals surface area contributed by atoms with Gasteiger partial charge in [-0.05, 0) is 44.4 Å². The summed E-state index contributed by atoms with van der Waals surface area (Å²) in [4.78, 5) is 11.4. The van der Waals surface area contributed by atoms with Crippen LogP contribution >= 0.6 is 0 Å². The maximum Gasteiger partial charge on any atom is 0.315 e. The standard InChI is InChI=1S/C11H20N2O2/c14-7-8-1-3-9(4-2-8)12-11(15)13-10-5-6-10/h8-10,14H,1-7H2,(H2,12,13,15). The van der Waals surface area contributed by atoms with Gasteiger partial charge >= 0.3 is 6.03 Å². The molecule has 0 atom stereocenters. The van der Waals surface area contributed by atoms with E-state index in [1.165, 1.54) is 0 Å². The van der Waals surface area contributed by atoms with Crippen molar-refractivity contribution in [2.45, 2.75) is 50.6 Å². The number of carbonyl (C=O) groups is 1. The van der Waals surface area contributed by atoms with Gasteiger partial charge in [0.05, 0.1) is 0 Å². The van der Waals surface area contributed by atoms with Crippen molar-refractivity contribution < 1.29 is 9.90 Å². The second kappa shape index (κ2) is 4.84. The van der Waals surface area contributed by atoms with Gasteiger partial charge in [-0.2, -0.15) is 0 Å². The van der Waals surface area contributed by atoms with Gasteiger partial charge in [0, 0.05) is 18.7 Å². The number of urea groups is 1. The Balaban J connectivity index is 1.64. The Bertz CT molecular complexity index is 221. The van der Waals surface area contributed by atoms with Crippen LogP contribution in [0.5, 0.6) is 0 Å². The Morgan fingerprint density at radius 2 is 1.47 bits per heavy atom. The lowest BCUT2D eigenvalue weighted by atomic mass is 9.87. The van der Waals surface area contributed by atoms with E-state index in [2.05, 4.69) is 10.6 Å². The van der Waals surface area contributed by atoms with Crippen LogP contribution in [0, 0.1) is 5.92 Å². The van der Waals surface area contributed by atoms with Gasteiger partial charge in [-0.15, -0.1) is 0 Å². The lowest BCUT2D eigenvalue weighted by Gasteiger charge is -2.27. The van der Waals surface area contributed by atoms with Crippen molar-refractivity contribution in [3.8, 4) is 0 Å². The fraction of sp³-hybridized carbons (Fsp3) is 0.909. The quantitative estimate of drug-likeness (QED) is 0.653. The first-order valence-corrected chi connectivity index (χ1v) is 5.96. The topological polar surface area (TPSA) is 61.4 Å². The SMILES string of the molecule is O=C(NC1CCC(CO)CC1)NC1CC1. The number of hydrogen-bond acceptors (Lipinski definition) is 2. The Hall–Kier alpha value is -0.770. The van der Waals surface area contributed by atoms with Crippen LogP contribution in [0.15, 0.2) is 0 Å². The molecule has 0 aliphatic heterocycles. The molecule has 3 N–H and O–H groups in total. The molecule has 2 aliphatic carbocycles. The second-order valence-electron chi connectivity index (χ2n) is 4.79. The van der Waals surface area contributed by atoms with Crippen molar-refractivity contribution in [3.05, 3.63) is 0 Å². The van der Waals surface area contributed by atoms with Crippen molar-refractivity contribution in [3.63, 3.8) is 0 Å². The zero-order chi connectivity index (χ0) is 10.7. The number of rotatable bonds is 3. The van der Waals surface area contributed by atoms with Crippen LogP contribution in [0.4, 0.5) is 4.79 Å². The van der Waals surface area contributed by atoms with Crippen LogP contribution in [-0.4, -0.2) is 29.8 Å². The summed E-state index contributed by atoms with van der Waals surface area (Å²) < 4.78 is 0. The summed E-state index contributed by atoms with van der Waals surface area (Å²) in [6.07, 6.45) is 6.33. The van der Waals surface area contributed by atoms with Gasteiger partial charge in [0.1, 0.15) is 0 Å². The molecule has 2 aliphatic rings. The molecule has 0 aromatic carbocycles. The summed E-state index contributed by atoms with van der Waals surface area (Å²) in [5, 5.41) is 14.9. The van der Waals surface area contributed by atoms with Gasteiger partial charge < -0.3 is 15.7 Å². The fourth-order valence-corrected chi connectivity index (χ4v) is 2.13. The molecule has 0 spiro atoms. The first kappa shape index (κ1) is 10.7. The Morgan fingerprint density at radius 3 is 1.87 bits per heavy atom. The fourth-order valence-electron chi connectivity index (χ4n) is 2.13. The van der Waals surface area contributed by atoms with Gasteiger partial charge in [-0.3, -0.25) is 0 Å². The van der Waals surface area contributed by atoms with Crippen molar-refractivity contribution in [2.24, 2.45) is 5.92 Å². The Labute approximate surface area is 90.4 Å². The molecule has 0 unspecified atom stereocenters. The third-order valence-corrected chi connectivity index (χ3v) is 3.35. The van der Waals surface area contributed by atoms with Crippen LogP contribution in [0.3, 0.4) is 0 Å². The van der Waals surface area contributed by atoms with E-state index in [0.29, 0.717) is 24.6 Å². The van der Waals surface area contributed by atoms with E-state index in [1.807, 2.05) is 0 Å². The molecular formula is C11H20N2O2. The minimum Gasteiger partial charge on any atom is -0.396 e. The molecule has 15 heavy (non-hydrogen) atoms. The smallest absolute Gasteiger partial charge is 0.315 e. The highest BCUT2D eigenvalue weighted by Crippen LogP contribution is 2.24. The van der Waals surface area contributed by atoms with Gasteiger partial charge in [0.15, 0.2) is 0 Å². The average Bonchev–Trinajstić information content (AvgIpc) is 3.03. The normalized spacial score (nSPS) is 31.0. The molecule has 0 saturated heterocycles. The van der Waals surface area contributed by atoms with E-state index < -0.39 is 0 Å². The molecule has 2 saturated carbocycles. The molecule has 0 aromatic heterocycles. The number of carbonyl (C=O) groups excluding carboxylic acids is 1. The molecule has 0 aromatic rings.